The second-order valence-electron chi connectivity index (χ2n) is 19.1. The van der Waals surface area contributed by atoms with Crippen molar-refractivity contribution < 1.29 is 112 Å². The lowest BCUT2D eigenvalue weighted by atomic mass is 10.0. The zero-order valence-electron chi connectivity index (χ0n) is 46.2. The highest BCUT2D eigenvalue weighted by Gasteiger charge is 2.37. The SMILES string of the molecule is C[C@H](NC(=O)CNC(=O)[C@@H](N)CS)C(=O)N[C@@H](CC(=O)O)C(=O)N[C@@H](Cc1ccc(O)cc1)C(=O)N[C@@H](CCCCN)C(=O)N[C@@H](CC(=O)O)C(=O)N[C@@H](CC(=O)O)C(=O)N[C@@H](CC(=O)O)C(=O)N[C@@H](CC(=O)O)C(=O)N[C@@H](CCCCN)C(=O)O. The fourth-order valence-electron chi connectivity index (χ4n) is 7.45. The number of carbonyl (C=O) groups excluding carboxylic acids is 10. The summed E-state index contributed by atoms with van der Waals surface area (Å²) in [6.45, 7) is 0.674. The van der Waals surface area contributed by atoms with Gasteiger partial charge in [-0.05, 0) is 76.2 Å². The molecule has 1 aromatic carbocycles. The van der Waals surface area contributed by atoms with E-state index in [9.17, 15) is 112 Å². The first kappa shape index (κ1) is 74.8. The quantitative estimate of drug-likeness (QED) is 0.0214. The third-order valence-electron chi connectivity index (χ3n) is 11.9. The van der Waals surface area contributed by atoms with Gasteiger partial charge in [-0.25, -0.2) is 4.79 Å². The highest BCUT2D eigenvalue weighted by molar-refractivity contribution is 7.80. The predicted octanol–water partition coefficient (Wildman–Crippen LogP) is -7.59. The minimum absolute atomic E-state index is 0.0238. The molecule has 10 amide bonds. The molecule has 0 aliphatic carbocycles. The Morgan fingerprint density at radius 1 is 0.430 bits per heavy atom. The van der Waals surface area contributed by atoms with Crippen molar-refractivity contribution >= 4 is 108 Å². The van der Waals surface area contributed by atoms with E-state index in [0.29, 0.717) is 6.42 Å². The van der Waals surface area contributed by atoms with Crippen LogP contribution in [0.15, 0.2) is 24.3 Å². The average molecular weight is 1240 g/mol. The number of unbranched alkanes of at least 4 members (excludes halogenated alkanes) is 2. The summed E-state index contributed by atoms with van der Waals surface area (Å²) in [5.41, 5.74) is 16.8. The van der Waals surface area contributed by atoms with E-state index >= 15 is 0 Å². The molecule has 10 atom stereocenters. The van der Waals surface area contributed by atoms with Gasteiger partial charge < -0.3 is 106 Å². The van der Waals surface area contributed by atoms with Gasteiger partial charge in [0.2, 0.25) is 59.1 Å². The number of aliphatic carboxylic acids is 6. The maximum atomic E-state index is 14.3. The van der Waals surface area contributed by atoms with Crippen LogP contribution in [0.25, 0.3) is 0 Å². The number of phenols is 1. The van der Waals surface area contributed by atoms with Gasteiger partial charge in [-0.2, -0.15) is 12.6 Å². The molecule has 0 aliphatic rings. The van der Waals surface area contributed by atoms with Crippen LogP contribution in [0.3, 0.4) is 0 Å². The van der Waals surface area contributed by atoms with Crippen LogP contribution < -0.4 is 70.4 Å². The number of hydrogen-bond acceptors (Lipinski definition) is 21. The summed E-state index contributed by atoms with van der Waals surface area (Å²) in [6, 6.07) is -13.7. The largest absolute Gasteiger partial charge is 0.508 e. The molecule has 0 heterocycles. The van der Waals surface area contributed by atoms with Crippen LogP contribution in [0.5, 0.6) is 5.75 Å². The summed E-state index contributed by atoms with van der Waals surface area (Å²) in [7, 11) is 0. The molecule has 36 nitrogen and oxygen atoms in total. The highest BCUT2D eigenvalue weighted by atomic mass is 32.1. The number of phenolic OH excluding ortho intramolecular Hbond substituents is 1. The van der Waals surface area contributed by atoms with Crippen molar-refractivity contribution in [2.75, 3.05) is 25.4 Å². The zero-order chi connectivity index (χ0) is 65.4. The molecule has 0 aromatic heterocycles. The number of thiol groups is 1. The van der Waals surface area contributed by atoms with Crippen LogP contribution in [0, 0.1) is 0 Å². The van der Waals surface area contributed by atoms with Crippen molar-refractivity contribution in [3.63, 3.8) is 0 Å². The molecule has 1 rings (SSSR count). The lowest BCUT2D eigenvalue weighted by Gasteiger charge is -2.27. The topological polar surface area (TPSA) is 613 Å². The third kappa shape index (κ3) is 29.3. The van der Waals surface area contributed by atoms with E-state index in [2.05, 4.69) is 44.5 Å². The molecule has 0 unspecified atom stereocenters. The predicted molar refractivity (Wildman–Crippen MR) is 294 cm³/mol. The number of carboxylic acids is 6. The van der Waals surface area contributed by atoms with Gasteiger partial charge in [0.25, 0.3) is 0 Å². The summed E-state index contributed by atoms with van der Waals surface area (Å²) in [5, 5.41) is 88.7. The van der Waals surface area contributed by atoms with Gasteiger partial charge >= 0.3 is 35.8 Å². The highest BCUT2D eigenvalue weighted by Crippen LogP contribution is 2.14. The van der Waals surface area contributed by atoms with E-state index < -0.39 is 200 Å². The maximum Gasteiger partial charge on any atom is 0.326 e. The molecule has 478 valence electrons. The molecule has 0 saturated heterocycles. The monoisotopic (exact) mass is 1240 g/mol. The lowest BCUT2D eigenvalue weighted by Crippen LogP contribution is -2.61. The molecule has 1 aromatic rings. The number of benzene rings is 1. The Hall–Kier alpha value is -9.23. The Morgan fingerprint density at radius 3 is 1.09 bits per heavy atom. The van der Waals surface area contributed by atoms with Crippen molar-refractivity contribution in [2.24, 2.45) is 17.2 Å². The first-order chi connectivity index (χ1) is 40.3. The standard InChI is InChI=1S/C49H73N13O23S/c1-22(54-34(64)20-53-41(76)25(52)21-86)40(75)57-29(15-35(65)66)45(80)58-28(14-23-8-10-24(63)11-9-23)43(78)55-26(6-2-4-12-50)42(77)59-31(17-37(69)70)46(81)61-33(19-39(73)74)48(83)62-32(18-38(71)72)47(82)60-30(16-36(67)68)44(79)56-27(49(84)85)7-3-5-13-51/h8-11,22,25-33,63,86H,2-7,12-21,50-52H2,1H3,(H,53,76)(H,54,64)(H,55,78)(H,56,79)(H,57,75)(H,58,80)(H,59,77)(H,60,82)(H,61,81)(H,62,83)(H,65,66)(H,67,68)(H,69,70)(H,71,72)(H,73,74)(H,84,85)/t22-,25-,26-,27-,28-,29-,30-,31-,32-,33-/m0/s1. The number of rotatable bonds is 42. The molecule has 0 aliphatic heterocycles. The molecule has 0 bridgehead atoms. The van der Waals surface area contributed by atoms with Crippen LogP contribution >= 0.6 is 12.6 Å². The average Bonchev–Trinajstić information content (AvgIpc) is 3.12. The van der Waals surface area contributed by atoms with E-state index in [-0.39, 0.29) is 62.3 Å². The van der Waals surface area contributed by atoms with Crippen molar-refractivity contribution in [1.82, 2.24) is 53.2 Å². The Morgan fingerprint density at radius 2 is 0.744 bits per heavy atom. The van der Waals surface area contributed by atoms with Crippen molar-refractivity contribution in [1.29, 1.82) is 0 Å². The summed E-state index contributed by atoms with van der Waals surface area (Å²) in [4.78, 5) is 205. The number of nitrogens with one attached hydrogen (secondary N) is 10. The minimum atomic E-state index is -2.34. The fraction of sp³-hybridized carbons (Fsp3) is 0.551. The van der Waals surface area contributed by atoms with Crippen molar-refractivity contribution in [3.05, 3.63) is 29.8 Å². The van der Waals surface area contributed by atoms with Crippen LogP contribution in [0.2, 0.25) is 0 Å². The van der Waals surface area contributed by atoms with Gasteiger partial charge in [0, 0.05) is 12.2 Å². The van der Waals surface area contributed by atoms with Crippen molar-refractivity contribution in [3.8, 4) is 5.75 Å². The first-order valence-corrected chi connectivity index (χ1v) is 26.8. The molecule has 86 heavy (non-hydrogen) atoms. The summed E-state index contributed by atoms with van der Waals surface area (Å²) in [6.07, 6.45) is -6.67. The van der Waals surface area contributed by atoms with Crippen LogP contribution in [-0.4, -0.2) is 216 Å². The van der Waals surface area contributed by atoms with E-state index in [4.69, 9.17) is 17.2 Å². The number of nitrogens with two attached hydrogens (primary N) is 3. The molecule has 0 saturated carbocycles. The van der Waals surface area contributed by atoms with Gasteiger partial charge in [-0.3, -0.25) is 71.9 Å². The number of amides is 10. The normalized spacial score (nSPS) is 14.3. The molecule has 0 radical (unpaired) electrons. The number of hydrogen-bond donors (Lipinski definition) is 21. The van der Waals surface area contributed by atoms with Crippen molar-refractivity contribution in [2.45, 2.75) is 144 Å². The summed E-state index contributed by atoms with van der Waals surface area (Å²) < 4.78 is 0. The number of carbonyl (C=O) groups is 16. The Kier molecular flexibility index (Phi) is 33.6. The zero-order valence-corrected chi connectivity index (χ0v) is 47.1. The van der Waals surface area contributed by atoms with Crippen LogP contribution in [0.1, 0.15) is 83.1 Å². The van der Waals surface area contributed by atoms with Gasteiger partial charge in [-0.1, -0.05) is 12.1 Å². The number of carboxylic acid groups (broad SMARTS) is 6. The second kappa shape index (κ2) is 38.6. The van der Waals surface area contributed by atoms with E-state index in [1.54, 1.807) is 0 Å². The Balaban J connectivity index is 3.60. The Labute approximate surface area is 494 Å². The molecule has 0 spiro atoms. The van der Waals surface area contributed by atoms with Crippen LogP contribution in [-0.2, 0) is 83.1 Å². The van der Waals surface area contributed by atoms with Gasteiger partial charge in [0.1, 0.15) is 60.1 Å². The summed E-state index contributed by atoms with van der Waals surface area (Å²) >= 11 is 3.88. The minimum Gasteiger partial charge on any atom is -0.508 e. The van der Waals surface area contributed by atoms with E-state index in [0.717, 1.165) is 6.92 Å². The molecular formula is C49H73N13O23S. The maximum absolute atomic E-state index is 14.3. The van der Waals surface area contributed by atoms with Crippen LogP contribution in [0.4, 0.5) is 0 Å². The smallest absolute Gasteiger partial charge is 0.326 e. The second-order valence-corrected chi connectivity index (χ2v) is 19.4. The molecule has 0 fully saturated rings. The molecule has 37 heteroatoms. The lowest BCUT2D eigenvalue weighted by molar-refractivity contribution is -0.145. The molecular weight excluding hydrogens is 1170 g/mol. The van der Waals surface area contributed by atoms with Gasteiger partial charge in [0.05, 0.1) is 44.7 Å². The number of aromatic hydroxyl groups is 1. The van der Waals surface area contributed by atoms with Gasteiger partial charge in [0.15, 0.2) is 0 Å². The first-order valence-electron chi connectivity index (χ1n) is 26.2. The molecule has 23 N–H and O–H groups in total. The fourth-order valence-corrected chi connectivity index (χ4v) is 7.62. The van der Waals surface area contributed by atoms with E-state index in [1.165, 1.54) is 24.3 Å². The van der Waals surface area contributed by atoms with E-state index in [1.807, 2.05) is 21.3 Å². The summed E-state index contributed by atoms with van der Waals surface area (Å²) in [5.74, 6) is -23.5. The third-order valence-corrected chi connectivity index (χ3v) is 12.3. The van der Waals surface area contributed by atoms with Gasteiger partial charge in [-0.15, -0.1) is 0 Å². The Bertz CT molecular complexity index is 2610.